The molecule has 0 aliphatic rings. The van der Waals surface area contributed by atoms with E-state index in [0.29, 0.717) is 12.8 Å². The lowest BCUT2D eigenvalue weighted by Crippen LogP contribution is -2.28. The summed E-state index contributed by atoms with van der Waals surface area (Å²) in [6, 6.07) is 0. The summed E-state index contributed by atoms with van der Waals surface area (Å²) in [5, 5.41) is 9.67. The summed E-state index contributed by atoms with van der Waals surface area (Å²) in [5.74, 6) is -0.614. The molecular weight excluding hydrogens is 885 g/mol. The molecule has 0 aromatic heterocycles. The van der Waals surface area contributed by atoms with Gasteiger partial charge in [-0.2, -0.15) is 0 Å². The van der Waals surface area contributed by atoms with E-state index in [-0.39, 0.29) is 25.2 Å². The molecule has 0 saturated heterocycles. The molecule has 406 valence electrons. The minimum atomic E-state index is -0.792. The number of ether oxygens (including phenoxy) is 2. The van der Waals surface area contributed by atoms with Gasteiger partial charge in [-0.1, -0.05) is 262 Å². The first-order chi connectivity index (χ1) is 35.6. The van der Waals surface area contributed by atoms with Crippen molar-refractivity contribution in [1.82, 2.24) is 0 Å². The van der Waals surface area contributed by atoms with Gasteiger partial charge in [0.15, 0.2) is 6.10 Å². The number of hydrogen-bond donors (Lipinski definition) is 1. The Morgan fingerprint density at radius 3 is 0.833 bits per heavy atom. The fraction of sp³-hybridized carbons (Fsp3) is 0.612. The van der Waals surface area contributed by atoms with Crippen molar-refractivity contribution in [2.75, 3.05) is 13.2 Å². The molecule has 0 aliphatic carbocycles. The summed E-state index contributed by atoms with van der Waals surface area (Å²) < 4.78 is 10.7. The van der Waals surface area contributed by atoms with Gasteiger partial charge in [0, 0.05) is 12.8 Å². The van der Waals surface area contributed by atoms with Crippen LogP contribution >= 0.6 is 0 Å². The molecule has 5 nitrogen and oxygen atoms in total. The Morgan fingerprint density at radius 2 is 0.556 bits per heavy atom. The summed E-state index contributed by atoms with van der Waals surface area (Å²) in [6.45, 7) is 3.90. The van der Waals surface area contributed by atoms with Crippen LogP contribution in [0.1, 0.15) is 245 Å². The molecule has 72 heavy (non-hydrogen) atoms. The molecule has 0 bridgehead atoms. The Hall–Kier alpha value is -4.22. The van der Waals surface area contributed by atoms with Gasteiger partial charge in [-0.25, -0.2) is 0 Å². The Morgan fingerprint density at radius 1 is 0.319 bits per heavy atom. The van der Waals surface area contributed by atoms with Gasteiger partial charge >= 0.3 is 11.9 Å². The van der Waals surface area contributed by atoms with Gasteiger partial charge in [0.25, 0.3) is 0 Å². The zero-order chi connectivity index (χ0) is 52.0. The number of rotatable bonds is 52. The number of carbonyl (C=O) groups is 2. The summed E-state index contributed by atoms with van der Waals surface area (Å²) in [4.78, 5) is 24.6. The number of esters is 2. The number of carbonyl (C=O) groups excluding carboxylic acids is 2. The van der Waals surface area contributed by atoms with E-state index in [4.69, 9.17) is 9.47 Å². The maximum absolute atomic E-state index is 12.3. The van der Waals surface area contributed by atoms with Crippen molar-refractivity contribution in [3.05, 3.63) is 146 Å². The highest BCUT2D eigenvalue weighted by Gasteiger charge is 2.16. The summed E-state index contributed by atoms with van der Waals surface area (Å²) in [7, 11) is 0. The van der Waals surface area contributed by atoms with Crippen molar-refractivity contribution < 1.29 is 24.2 Å². The summed E-state index contributed by atoms with van der Waals surface area (Å²) >= 11 is 0. The predicted octanol–water partition coefficient (Wildman–Crippen LogP) is 20.2. The maximum Gasteiger partial charge on any atom is 0.306 e. The summed E-state index contributed by atoms with van der Waals surface area (Å²) in [6.07, 6.45) is 92.4. The van der Waals surface area contributed by atoms with E-state index >= 15 is 0 Å². The van der Waals surface area contributed by atoms with Crippen molar-refractivity contribution >= 4 is 11.9 Å². The molecule has 0 rings (SSSR count). The number of allylic oxidation sites excluding steroid dienone is 24. The third-order valence-corrected chi connectivity index (χ3v) is 12.1. The number of hydrogen-bond acceptors (Lipinski definition) is 5. The number of aliphatic hydroxyl groups excluding tert-OH is 1. The maximum atomic E-state index is 12.3. The second-order valence-corrected chi connectivity index (χ2v) is 19.0. The van der Waals surface area contributed by atoms with Crippen LogP contribution in [0, 0.1) is 0 Å². The second kappa shape index (κ2) is 61.1. The monoisotopic (exact) mass is 993 g/mol. The third kappa shape index (κ3) is 58.4. The van der Waals surface area contributed by atoms with Crippen LogP contribution in [-0.4, -0.2) is 36.4 Å². The van der Waals surface area contributed by atoms with Crippen LogP contribution in [0.4, 0.5) is 0 Å². The lowest BCUT2D eigenvalue weighted by Gasteiger charge is -2.15. The standard InChI is InChI=1S/C67H108O5/c1-3-5-7-9-11-13-15-17-19-21-23-25-27-29-31-32-33-34-36-38-40-42-44-46-48-50-52-54-56-58-60-62-67(70)72-65(63-68)64-71-66(69)61-59-57-55-53-51-49-47-45-43-41-39-37-35-30-28-26-24-22-20-18-16-14-12-10-8-6-4-2/h5-8,11-14,17-20,23-26,29,31,33-34,38,40,44,46,65,68H,3-4,9-10,15-16,21-22,27-28,30,32,35-37,39,41-43,45,47-64H2,1-2H3/b7-5-,8-6-,13-11-,14-12-,19-17-,20-18-,25-23-,26-24-,31-29-,34-33-,40-38-,46-44-. The van der Waals surface area contributed by atoms with Crippen molar-refractivity contribution in [2.24, 2.45) is 0 Å². The van der Waals surface area contributed by atoms with Gasteiger partial charge in [-0.3, -0.25) is 9.59 Å². The van der Waals surface area contributed by atoms with E-state index in [1.807, 2.05) is 0 Å². The van der Waals surface area contributed by atoms with E-state index in [0.717, 1.165) is 122 Å². The highest BCUT2D eigenvalue weighted by molar-refractivity contribution is 5.70. The third-order valence-electron chi connectivity index (χ3n) is 12.1. The van der Waals surface area contributed by atoms with E-state index < -0.39 is 6.10 Å². The van der Waals surface area contributed by atoms with Crippen LogP contribution in [0.25, 0.3) is 0 Å². The first-order valence-corrected chi connectivity index (χ1v) is 29.4. The molecule has 0 aromatic carbocycles. The van der Waals surface area contributed by atoms with Gasteiger partial charge < -0.3 is 14.6 Å². The molecular formula is C67H108O5. The molecule has 0 radical (unpaired) electrons. The van der Waals surface area contributed by atoms with Crippen LogP contribution in [0.15, 0.2) is 146 Å². The highest BCUT2D eigenvalue weighted by Crippen LogP contribution is 2.15. The molecule has 0 heterocycles. The minimum absolute atomic E-state index is 0.0805. The SMILES string of the molecule is CC/C=C\C/C=C\C/C=C\C/C=C\C/C=C\C/C=C\C/C=C\C/C=C\CCCCCCCCC(=O)OC(CO)COC(=O)CCCCCCCCCCCCCCCC/C=C\C/C=C\C/C=C\C/C=C\CC. The van der Waals surface area contributed by atoms with E-state index in [1.54, 1.807) is 0 Å². The summed E-state index contributed by atoms with van der Waals surface area (Å²) in [5.41, 5.74) is 0. The molecule has 0 aromatic rings. The van der Waals surface area contributed by atoms with Crippen LogP contribution in [0.3, 0.4) is 0 Å². The number of unbranched alkanes of at least 4 members (excludes halogenated alkanes) is 20. The predicted molar refractivity (Wildman–Crippen MR) is 315 cm³/mol. The average Bonchev–Trinajstić information content (AvgIpc) is 3.38. The first-order valence-electron chi connectivity index (χ1n) is 29.4. The van der Waals surface area contributed by atoms with Crippen molar-refractivity contribution in [3.8, 4) is 0 Å². The van der Waals surface area contributed by atoms with Gasteiger partial charge in [-0.05, 0) is 116 Å². The molecule has 0 amide bonds. The molecule has 0 spiro atoms. The molecule has 1 N–H and O–H groups in total. The van der Waals surface area contributed by atoms with Crippen molar-refractivity contribution in [3.63, 3.8) is 0 Å². The quantitative estimate of drug-likeness (QED) is 0.0373. The molecule has 0 fully saturated rings. The topological polar surface area (TPSA) is 72.8 Å². The molecule has 1 atom stereocenters. The van der Waals surface area contributed by atoms with E-state index in [9.17, 15) is 14.7 Å². The van der Waals surface area contributed by atoms with Gasteiger partial charge in [0.05, 0.1) is 6.61 Å². The Bertz CT molecular complexity index is 1540. The van der Waals surface area contributed by atoms with Crippen molar-refractivity contribution in [2.45, 2.75) is 251 Å². The van der Waals surface area contributed by atoms with Crippen LogP contribution in [-0.2, 0) is 19.1 Å². The zero-order valence-electron chi connectivity index (χ0n) is 46.4. The van der Waals surface area contributed by atoms with Crippen LogP contribution in [0.2, 0.25) is 0 Å². The van der Waals surface area contributed by atoms with E-state index in [2.05, 4.69) is 160 Å². The molecule has 0 saturated carbocycles. The van der Waals surface area contributed by atoms with E-state index in [1.165, 1.54) is 96.3 Å². The zero-order valence-corrected chi connectivity index (χ0v) is 46.4. The fourth-order valence-electron chi connectivity index (χ4n) is 7.80. The molecule has 5 heteroatoms. The van der Waals surface area contributed by atoms with Crippen molar-refractivity contribution in [1.29, 1.82) is 0 Å². The normalized spacial score (nSPS) is 13.3. The number of aliphatic hydroxyl groups is 1. The lowest BCUT2D eigenvalue weighted by molar-refractivity contribution is -0.161. The van der Waals surface area contributed by atoms with Gasteiger partial charge in [0.1, 0.15) is 6.61 Å². The van der Waals surface area contributed by atoms with Crippen LogP contribution in [0.5, 0.6) is 0 Å². The smallest absolute Gasteiger partial charge is 0.306 e. The fourth-order valence-corrected chi connectivity index (χ4v) is 7.80. The molecule has 1 unspecified atom stereocenters. The Kier molecular flexibility index (Phi) is 57.5. The van der Waals surface area contributed by atoms with Crippen LogP contribution < -0.4 is 0 Å². The molecule has 0 aliphatic heterocycles. The largest absolute Gasteiger partial charge is 0.462 e. The second-order valence-electron chi connectivity index (χ2n) is 19.0. The lowest BCUT2D eigenvalue weighted by atomic mass is 10.0. The Balaban J connectivity index is 3.58. The highest BCUT2D eigenvalue weighted by atomic mass is 16.6. The van der Waals surface area contributed by atoms with Gasteiger partial charge in [-0.15, -0.1) is 0 Å². The average molecular weight is 994 g/mol. The Labute approximate surface area is 444 Å². The first kappa shape index (κ1) is 67.8. The minimum Gasteiger partial charge on any atom is -0.462 e. The van der Waals surface area contributed by atoms with Gasteiger partial charge in [0.2, 0.25) is 0 Å².